The zero-order valence-corrected chi connectivity index (χ0v) is 24.4. The Kier molecular flexibility index (Phi) is 11.0. The normalized spacial score (nSPS) is 21.0. The first-order valence-electron chi connectivity index (χ1n) is 13.5. The lowest BCUT2D eigenvalue weighted by Gasteiger charge is -2.48. The average Bonchev–Trinajstić information content (AvgIpc) is 2.83. The molecule has 0 aromatic heterocycles. The minimum Gasteiger partial charge on any atom is -0.453 e. The van der Waals surface area contributed by atoms with Gasteiger partial charge in [0.2, 0.25) is 0 Å². The van der Waals surface area contributed by atoms with Gasteiger partial charge in [-0.25, -0.2) is 9.59 Å². The van der Waals surface area contributed by atoms with Crippen molar-refractivity contribution in [1.82, 2.24) is 9.80 Å². The summed E-state index contributed by atoms with van der Waals surface area (Å²) in [5.41, 5.74) is -4.17. The largest absolute Gasteiger partial charge is 0.453 e. The number of methoxy groups -OCH3 is 1. The van der Waals surface area contributed by atoms with Gasteiger partial charge in [0, 0.05) is 24.7 Å². The van der Waals surface area contributed by atoms with E-state index >= 15 is 0 Å². The Hall–Kier alpha value is -2.70. The maximum atomic E-state index is 13.5. The second kappa shape index (κ2) is 13.1. The van der Waals surface area contributed by atoms with Crippen molar-refractivity contribution in [2.45, 2.75) is 116 Å². The van der Waals surface area contributed by atoms with Gasteiger partial charge in [0.25, 0.3) is 0 Å². The minimum atomic E-state index is -5.05. The van der Waals surface area contributed by atoms with Crippen LogP contribution in [0.25, 0.3) is 0 Å². The van der Waals surface area contributed by atoms with Crippen LogP contribution in [0.1, 0.15) is 83.9 Å². The summed E-state index contributed by atoms with van der Waals surface area (Å²) < 4.78 is 91.4. The fourth-order valence-electron chi connectivity index (χ4n) is 5.01. The van der Waals surface area contributed by atoms with Gasteiger partial charge >= 0.3 is 24.5 Å². The Bertz CT molecular complexity index is 1020. The maximum absolute atomic E-state index is 13.5. The molecule has 0 bridgehead atoms. The third-order valence-corrected chi connectivity index (χ3v) is 7.08. The van der Waals surface area contributed by atoms with E-state index in [0.29, 0.717) is 18.6 Å². The lowest BCUT2D eigenvalue weighted by Crippen LogP contribution is -2.59. The molecule has 0 saturated carbocycles. The summed E-state index contributed by atoms with van der Waals surface area (Å²) in [5.74, 6) is -0.168. The fourth-order valence-corrected chi connectivity index (χ4v) is 5.01. The van der Waals surface area contributed by atoms with Crippen molar-refractivity contribution in [2.75, 3.05) is 7.11 Å². The van der Waals surface area contributed by atoms with Crippen LogP contribution in [0.2, 0.25) is 0 Å². The summed E-state index contributed by atoms with van der Waals surface area (Å²) in [6.45, 7) is 9.94. The molecule has 0 unspecified atom stereocenters. The fraction of sp³-hybridized carbons (Fsp3) is 0.714. The number of amides is 2. The molecular weight excluding hydrogens is 558 g/mol. The van der Waals surface area contributed by atoms with Gasteiger partial charge in [-0.2, -0.15) is 26.3 Å². The van der Waals surface area contributed by atoms with Gasteiger partial charge in [-0.15, -0.1) is 0 Å². The molecule has 1 aromatic rings. The number of ether oxygens (including phenoxy) is 2. The molecule has 4 atom stereocenters. The van der Waals surface area contributed by atoms with Gasteiger partial charge < -0.3 is 24.4 Å². The van der Waals surface area contributed by atoms with Crippen molar-refractivity contribution in [1.29, 1.82) is 0 Å². The van der Waals surface area contributed by atoms with Gasteiger partial charge in [0.1, 0.15) is 5.60 Å². The van der Waals surface area contributed by atoms with Gasteiger partial charge in [-0.1, -0.05) is 20.8 Å². The highest BCUT2D eigenvalue weighted by Crippen LogP contribution is 2.38. The molecule has 1 aromatic carbocycles. The molecule has 1 heterocycles. The first kappa shape index (κ1) is 34.5. The van der Waals surface area contributed by atoms with E-state index in [1.54, 1.807) is 34.6 Å². The van der Waals surface area contributed by atoms with E-state index in [1.807, 2.05) is 6.92 Å². The van der Waals surface area contributed by atoms with E-state index in [1.165, 1.54) is 4.90 Å². The molecule has 1 saturated heterocycles. The van der Waals surface area contributed by atoms with Crippen LogP contribution in [0, 0.1) is 5.92 Å². The lowest BCUT2D eigenvalue weighted by atomic mass is 9.85. The zero-order valence-electron chi connectivity index (χ0n) is 24.4. The Morgan fingerprint density at radius 3 is 1.93 bits per heavy atom. The lowest BCUT2D eigenvalue weighted by molar-refractivity contribution is -0.143. The van der Waals surface area contributed by atoms with Gasteiger partial charge in [-0.05, 0) is 76.1 Å². The molecule has 1 N–H and O–H groups in total. The molecule has 2 amide bonds. The number of aliphatic hydroxyl groups excluding tert-OH is 1. The van der Waals surface area contributed by atoms with Crippen LogP contribution in [0.15, 0.2) is 18.2 Å². The van der Waals surface area contributed by atoms with Crippen LogP contribution < -0.4 is 0 Å². The molecule has 41 heavy (non-hydrogen) atoms. The average molecular weight is 599 g/mol. The second-order valence-corrected chi connectivity index (χ2v) is 11.8. The van der Waals surface area contributed by atoms with Crippen molar-refractivity contribution in [3.8, 4) is 0 Å². The minimum absolute atomic E-state index is 0.0295. The zero-order chi connectivity index (χ0) is 31.5. The van der Waals surface area contributed by atoms with E-state index in [-0.39, 0.29) is 36.8 Å². The van der Waals surface area contributed by atoms with Crippen LogP contribution >= 0.6 is 0 Å². The highest BCUT2D eigenvalue weighted by Gasteiger charge is 2.44. The molecule has 0 spiro atoms. The number of benzene rings is 1. The quantitative estimate of drug-likeness (QED) is 0.335. The van der Waals surface area contributed by atoms with Crippen molar-refractivity contribution in [2.24, 2.45) is 5.92 Å². The SMILES string of the molecule is CC[C@@H]1C[C@H](N(Cc2cc(C(F)(F)F)cc(C(F)(F)F)c2)C(=O)OC)C[C@H](C[C@@H](O)C(C)C)N1C(=O)OC(C)(C)C. The van der Waals surface area contributed by atoms with E-state index in [0.717, 1.165) is 12.0 Å². The smallest absolute Gasteiger partial charge is 0.416 e. The number of alkyl halides is 6. The highest BCUT2D eigenvalue weighted by atomic mass is 19.4. The third-order valence-electron chi connectivity index (χ3n) is 7.08. The second-order valence-electron chi connectivity index (χ2n) is 11.8. The predicted molar refractivity (Wildman–Crippen MR) is 139 cm³/mol. The molecule has 234 valence electrons. The monoisotopic (exact) mass is 598 g/mol. The number of rotatable bonds is 7. The van der Waals surface area contributed by atoms with E-state index in [2.05, 4.69) is 0 Å². The van der Waals surface area contributed by atoms with Crippen LogP contribution in [0.5, 0.6) is 0 Å². The van der Waals surface area contributed by atoms with Gasteiger partial charge in [0.05, 0.1) is 24.3 Å². The molecule has 0 radical (unpaired) electrons. The maximum Gasteiger partial charge on any atom is 0.416 e. The number of aliphatic hydroxyl groups is 1. The van der Waals surface area contributed by atoms with E-state index in [9.17, 15) is 41.0 Å². The van der Waals surface area contributed by atoms with E-state index in [4.69, 9.17) is 9.47 Å². The summed E-state index contributed by atoms with van der Waals surface area (Å²) in [6.07, 6.45) is -11.7. The molecule has 1 fully saturated rings. The summed E-state index contributed by atoms with van der Waals surface area (Å²) in [7, 11) is 1.07. The van der Waals surface area contributed by atoms with Crippen LogP contribution in [0.3, 0.4) is 0 Å². The summed E-state index contributed by atoms with van der Waals surface area (Å²) in [6, 6.07) is -0.657. The van der Waals surface area contributed by atoms with E-state index < -0.39 is 72.0 Å². The number of hydrogen-bond acceptors (Lipinski definition) is 5. The van der Waals surface area contributed by atoms with Crippen LogP contribution in [0.4, 0.5) is 35.9 Å². The number of carbonyl (C=O) groups is 2. The number of carbonyl (C=O) groups excluding carboxylic acids is 2. The van der Waals surface area contributed by atoms with Gasteiger partial charge in [0.15, 0.2) is 0 Å². The highest BCUT2D eigenvalue weighted by molar-refractivity contribution is 5.70. The van der Waals surface area contributed by atoms with Crippen molar-refractivity contribution >= 4 is 12.2 Å². The number of halogens is 6. The molecule has 0 aliphatic carbocycles. The Morgan fingerprint density at radius 1 is 1.00 bits per heavy atom. The Labute approximate surface area is 236 Å². The molecular formula is C28H40F6N2O5. The Morgan fingerprint density at radius 2 is 1.51 bits per heavy atom. The molecule has 7 nitrogen and oxygen atoms in total. The predicted octanol–water partition coefficient (Wildman–Crippen LogP) is 7.25. The van der Waals surface area contributed by atoms with Crippen LogP contribution in [-0.2, 0) is 28.4 Å². The van der Waals surface area contributed by atoms with Gasteiger partial charge in [-0.3, -0.25) is 0 Å². The number of piperidine rings is 1. The molecule has 1 aliphatic rings. The number of hydrogen-bond donors (Lipinski definition) is 1. The van der Waals surface area contributed by atoms with Crippen molar-refractivity contribution in [3.63, 3.8) is 0 Å². The summed E-state index contributed by atoms with van der Waals surface area (Å²) in [4.78, 5) is 28.8. The van der Waals surface area contributed by atoms with Crippen LogP contribution in [-0.4, -0.2) is 64.0 Å². The first-order valence-corrected chi connectivity index (χ1v) is 13.5. The number of likely N-dealkylation sites (tertiary alicyclic amines) is 1. The molecule has 2 rings (SSSR count). The van der Waals surface area contributed by atoms with Crippen molar-refractivity contribution in [3.05, 3.63) is 34.9 Å². The molecule has 13 heteroatoms. The third kappa shape index (κ3) is 9.40. The Balaban J connectivity index is 2.54. The number of nitrogens with zero attached hydrogens (tertiary/aromatic N) is 2. The first-order chi connectivity index (χ1) is 18.7. The molecule has 1 aliphatic heterocycles. The van der Waals surface area contributed by atoms with Crippen molar-refractivity contribution < 1.29 is 50.5 Å². The topological polar surface area (TPSA) is 79.3 Å². The standard InChI is InChI=1S/C28H40F6N2O5/c1-8-20-12-21(13-22(14-23(37)16(2)3)36(20)25(39)41-26(4,5)6)35(24(38)40-7)15-17-9-18(27(29,30)31)11-19(10-17)28(32,33)34/h9-11,16,20-23,37H,8,12-15H2,1-7H3/t20-,21+,22-,23-/m1/s1. The summed E-state index contributed by atoms with van der Waals surface area (Å²) >= 11 is 0. The summed E-state index contributed by atoms with van der Waals surface area (Å²) in [5, 5.41) is 10.7.